The Morgan fingerprint density at radius 3 is 2.75 bits per heavy atom. The Morgan fingerprint density at radius 2 is 2.05 bits per heavy atom. The maximum absolute atomic E-state index is 13.3. The maximum Gasteiger partial charge on any atom is 0.162 e. The van der Waals surface area contributed by atoms with Crippen LogP contribution in [0.1, 0.15) is 11.7 Å². The number of ether oxygens (including phenoxy) is 2. The third-order valence-corrected chi connectivity index (χ3v) is 3.51. The molecule has 0 radical (unpaired) electrons. The van der Waals surface area contributed by atoms with Crippen molar-refractivity contribution < 1.29 is 13.9 Å². The fourth-order valence-electron chi connectivity index (χ4n) is 2.20. The van der Waals surface area contributed by atoms with E-state index in [1.165, 1.54) is 12.1 Å². The molecule has 3 rings (SSSR count). The van der Waals surface area contributed by atoms with E-state index in [0.717, 1.165) is 11.3 Å². The van der Waals surface area contributed by atoms with E-state index in [-0.39, 0.29) is 16.9 Å². The number of methoxy groups -OCH3 is 1. The second-order valence-corrected chi connectivity index (χ2v) is 4.93. The normalized spacial score (nSPS) is 16.9. The minimum Gasteiger partial charge on any atom is -0.497 e. The Balaban J connectivity index is 1.87. The fourth-order valence-corrected chi connectivity index (χ4v) is 2.45. The van der Waals surface area contributed by atoms with E-state index < -0.39 is 0 Å². The summed E-state index contributed by atoms with van der Waals surface area (Å²) in [6.07, 6.45) is -0.170. The number of nitrogens with one attached hydrogen (secondary N) is 1. The van der Waals surface area contributed by atoms with Crippen LogP contribution in [-0.2, 0) is 0 Å². The number of anilines is 1. The minimum atomic E-state index is -0.382. The van der Waals surface area contributed by atoms with Gasteiger partial charge in [0.2, 0.25) is 0 Å². The number of fused-ring (bicyclic) bond motifs is 1. The molecule has 0 fully saturated rings. The lowest BCUT2D eigenvalue weighted by molar-refractivity contribution is 0.210. The zero-order valence-corrected chi connectivity index (χ0v) is 11.6. The lowest BCUT2D eigenvalue weighted by Gasteiger charge is -2.28. The van der Waals surface area contributed by atoms with Crippen molar-refractivity contribution in [1.82, 2.24) is 0 Å². The molecule has 0 aromatic heterocycles. The summed E-state index contributed by atoms with van der Waals surface area (Å²) < 4.78 is 24.3. The van der Waals surface area contributed by atoms with Gasteiger partial charge in [0.1, 0.15) is 17.7 Å². The summed E-state index contributed by atoms with van der Waals surface area (Å²) in [5.74, 6) is 0.894. The first kappa shape index (κ1) is 13.1. The van der Waals surface area contributed by atoms with E-state index >= 15 is 0 Å². The number of benzene rings is 2. The zero-order valence-electron chi connectivity index (χ0n) is 10.8. The summed E-state index contributed by atoms with van der Waals surface area (Å²) in [6, 6.07) is 10.3. The minimum absolute atomic E-state index is 0.170. The molecule has 1 aliphatic rings. The molecule has 104 valence electrons. The third-order valence-electron chi connectivity index (χ3n) is 3.23. The highest BCUT2D eigenvalue weighted by Gasteiger charge is 2.23. The van der Waals surface area contributed by atoms with Gasteiger partial charge < -0.3 is 14.8 Å². The van der Waals surface area contributed by atoms with Crippen LogP contribution in [0.3, 0.4) is 0 Å². The molecule has 0 saturated heterocycles. The molecule has 1 atom stereocenters. The van der Waals surface area contributed by atoms with Crippen molar-refractivity contribution in [2.75, 3.05) is 19.0 Å². The second-order valence-electron chi connectivity index (χ2n) is 4.52. The molecule has 0 bridgehead atoms. The molecule has 2 aromatic rings. The lowest BCUT2D eigenvalue weighted by atomic mass is 10.1. The molecule has 2 aromatic carbocycles. The van der Waals surface area contributed by atoms with Gasteiger partial charge in [-0.1, -0.05) is 23.7 Å². The van der Waals surface area contributed by atoms with Crippen molar-refractivity contribution in [3.05, 3.63) is 52.8 Å². The Bertz CT molecular complexity index is 631. The number of halogens is 2. The number of rotatable bonds is 2. The number of hydrogen-bond donors (Lipinski definition) is 1. The molecule has 1 N–H and O–H groups in total. The standard InChI is InChI=1S/C15H13ClFNO2/c1-19-11-4-2-9(3-5-11)14-8-18-13-7-10(17)6-12(16)15(13)20-14/h2-7,14,18H,8H2,1H3. The van der Waals surface area contributed by atoms with Crippen LogP contribution in [0, 0.1) is 5.82 Å². The van der Waals surface area contributed by atoms with E-state index in [1.54, 1.807) is 7.11 Å². The summed E-state index contributed by atoms with van der Waals surface area (Å²) in [5, 5.41) is 3.41. The van der Waals surface area contributed by atoms with Crippen molar-refractivity contribution in [3.8, 4) is 11.5 Å². The van der Waals surface area contributed by atoms with Crippen LogP contribution in [-0.4, -0.2) is 13.7 Å². The Labute approximate surface area is 121 Å². The molecule has 1 heterocycles. The van der Waals surface area contributed by atoms with Gasteiger partial charge in [-0.25, -0.2) is 4.39 Å². The highest BCUT2D eigenvalue weighted by molar-refractivity contribution is 6.32. The van der Waals surface area contributed by atoms with Gasteiger partial charge in [-0.3, -0.25) is 0 Å². The summed E-state index contributed by atoms with van der Waals surface area (Å²) >= 11 is 6.02. The van der Waals surface area contributed by atoms with Gasteiger partial charge >= 0.3 is 0 Å². The van der Waals surface area contributed by atoms with E-state index in [1.807, 2.05) is 24.3 Å². The predicted molar refractivity (Wildman–Crippen MR) is 76.3 cm³/mol. The fraction of sp³-hybridized carbons (Fsp3) is 0.200. The lowest BCUT2D eigenvalue weighted by Crippen LogP contribution is -2.23. The van der Waals surface area contributed by atoms with Gasteiger partial charge in [0, 0.05) is 6.07 Å². The first-order valence-corrected chi connectivity index (χ1v) is 6.58. The molecule has 5 heteroatoms. The van der Waals surface area contributed by atoms with Crippen LogP contribution in [0.15, 0.2) is 36.4 Å². The molecule has 20 heavy (non-hydrogen) atoms. The van der Waals surface area contributed by atoms with Crippen LogP contribution in [0.5, 0.6) is 11.5 Å². The van der Waals surface area contributed by atoms with Crippen LogP contribution in [0.25, 0.3) is 0 Å². The van der Waals surface area contributed by atoms with E-state index in [0.29, 0.717) is 18.0 Å². The Kier molecular flexibility index (Phi) is 3.40. The largest absolute Gasteiger partial charge is 0.497 e. The molecular weight excluding hydrogens is 281 g/mol. The van der Waals surface area contributed by atoms with Crippen molar-refractivity contribution in [2.45, 2.75) is 6.10 Å². The summed E-state index contributed by atoms with van der Waals surface area (Å²) in [5.41, 5.74) is 1.59. The molecule has 0 aliphatic carbocycles. The second kappa shape index (κ2) is 5.21. The highest BCUT2D eigenvalue weighted by atomic mass is 35.5. The van der Waals surface area contributed by atoms with Gasteiger partial charge in [0.05, 0.1) is 24.4 Å². The molecule has 3 nitrogen and oxygen atoms in total. The van der Waals surface area contributed by atoms with Crippen molar-refractivity contribution in [2.24, 2.45) is 0 Å². The molecular formula is C15H13ClFNO2. The molecule has 0 spiro atoms. The van der Waals surface area contributed by atoms with Gasteiger partial charge in [0.15, 0.2) is 5.75 Å². The van der Waals surface area contributed by atoms with Crippen LogP contribution in [0.2, 0.25) is 5.02 Å². The monoisotopic (exact) mass is 293 g/mol. The van der Waals surface area contributed by atoms with Crippen molar-refractivity contribution >= 4 is 17.3 Å². The van der Waals surface area contributed by atoms with Gasteiger partial charge in [-0.05, 0) is 23.8 Å². The summed E-state index contributed by atoms with van der Waals surface area (Å²) in [4.78, 5) is 0. The summed E-state index contributed by atoms with van der Waals surface area (Å²) in [7, 11) is 1.62. The van der Waals surface area contributed by atoms with Gasteiger partial charge in [-0.2, -0.15) is 0 Å². The van der Waals surface area contributed by atoms with Crippen molar-refractivity contribution in [1.29, 1.82) is 0 Å². The van der Waals surface area contributed by atoms with Gasteiger partial charge in [-0.15, -0.1) is 0 Å². The first-order chi connectivity index (χ1) is 9.67. The molecule has 1 unspecified atom stereocenters. The maximum atomic E-state index is 13.3. The molecule has 0 saturated carbocycles. The van der Waals surface area contributed by atoms with Crippen LogP contribution < -0.4 is 14.8 Å². The smallest absolute Gasteiger partial charge is 0.162 e. The zero-order chi connectivity index (χ0) is 14.1. The quantitative estimate of drug-likeness (QED) is 0.907. The number of hydrogen-bond acceptors (Lipinski definition) is 3. The first-order valence-electron chi connectivity index (χ1n) is 6.21. The van der Waals surface area contributed by atoms with Gasteiger partial charge in [0.25, 0.3) is 0 Å². The Morgan fingerprint density at radius 1 is 1.30 bits per heavy atom. The average molecular weight is 294 g/mol. The molecule has 0 amide bonds. The van der Waals surface area contributed by atoms with E-state index in [9.17, 15) is 4.39 Å². The van der Waals surface area contributed by atoms with E-state index in [4.69, 9.17) is 21.1 Å². The Hall–Kier alpha value is -1.94. The third kappa shape index (κ3) is 2.39. The van der Waals surface area contributed by atoms with Crippen molar-refractivity contribution in [3.63, 3.8) is 0 Å². The van der Waals surface area contributed by atoms with E-state index in [2.05, 4.69) is 5.32 Å². The van der Waals surface area contributed by atoms with Crippen LogP contribution >= 0.6 is 11.6 Å². The molecule has 1 aliphatic heterocycles. The van der Waals surface area contributed by atoms with Crippen LogP contribution in [0.4, 0.5) is 10.1 Å². The predicted octanol–water partition coefficient (Wildman–Crippen LogP) is 4.03. The highest BCUT2D eigenvalue weighted by Crippen LogP contribution is 2.40. The SMILES string of the molecule is COc1ccc(C2CNc3cc(F)cc(Cl)c3O2)cc1. The topological polar surface area (TPSA) is 30.5 Å². The average Bonchev–Trinajstić information content (AvgIpc) is 2.47. The summed E-state index contributed by atoms with van der Waals surface area (Å²) in [6.45, 7) is 0.555.